The van der Waals surface area contributed by atoms with Crippen molar-refractivity contribution in [2.45, 2.75) is 25.7 Å². The van der Waals surface area contributed by atoms with E-state index in [9.17, 15) is 9.59 Å². The van der Waals surface area contributed by atoms with Crippen LogP contribution in [0.25, 0.3) is 0 Å². The van der Waals surface area contributed by atoms with Crippen molar-refractivity contribution in [1.82, 2.24) is 4.90 Å². The molecule has 0 aliphatic carbocycles. The Labute approximate surface area is 118 Å². The first-order valence-corrected chi connectivity index (χ1v) is 6.64. The maximum absolute atomic E-state index is 12.2. The smallest absolute Gasteiger partial charge is 0.328 e. The summed E-state index contributed by atoms with van der Waals surface area (Å²) in [4.78, 5) is 24.4. The van der Waals surface area contributed by atoms with E-state index in [4.69, 9.17) is 5.11 Å². The van der Waals surface area contributed by atoms with Crippen LogP contribution in [-0.2, 0) is 15.0 Å². The zero-order valence-corrected chi connectivity index (χ0v) is 11.8. The lowest BCUT2D eigenvalue weighted by Crippen LogP contribution is -2.46. The summed E-state index contributed by atoms with van der Waals surface area (Å²) >= 11 is 0. The molecule has 1 aromatic carbocycles. The second-order valence-corrected chi connectivity index (χ2v) is 5.82. The normalized spacial score (nSPS) is 14.7. The lowest BCUT2D eigenvalue weighted by atomic mass is 9.81. The van der Waals surface area contributed by atoms with E-state index in [2.05, 4.69) is 0 Å². The molecule has 0 saturated carbocycles. The van der Waals surface area contributed by atoms with Gasteiger partial charge in [0.1, 0.15) is 0 Å². The molecule has 1 N–H and O–H groups in total. The number of carbonyl (C=O) groups excluding carboxylic acids is 1. The van der Waals surface area contributed by atoms with Gasteiger partial charge in [0.15, 0.2) is 0 Å². The number of carbonyl (C=O) groups is 2. The molecule has 0 bridgehead atoms. The highest BCUT2D eigenvalue weighted by molar-refractivity contribution is 5.84. The van der Waals surface area contributed by atoms with Crippen molar-refractivity contribution in [3.63, 3.8) is 0 Å². The number of hydrogen-bond donors (Lipinski definition) is 1. The van der Waals surface area contributed by atoms with E-state index in [1.807, 2.05) is 44.2 Å². The fourth-order valence-corrected chi connectivity index (χ4v) is 2.37. The summed E-state index contributed by atoms with van der Waals surface area (Å²) in [5, 5.41) is 8.63. The minimum absolute atomic E-state index is 0.0707. The van der Waals surface area contributed by atoms with Gasteiger partial charge in [-0.15, -0.1) is 0 Å². The predicted molar refractivity (Wildman–Crippen MR) is 76.4 cm³/mol. The molecule has 1 amide bonds. The minimum Gasteiger partial charge on any atom is -0.478 e. The SMILES string of the molecule is CC(C)(CC(=O)N1CC(=CC(=O)O)C1)c1ccccc1. The number of likely N-dealkylation sites (tertiary alicyclic amines) is 1. The number of amides is 1. The zero-order valence-electron chi connectivity index (χ0n) is 11.8. The summed E-state index contributed by atoms with van der Waals surface area (Å²) in [7, 11) is 0. The van der Waals surface area contributed by atoms with Crippen molar-refractivity contribution in [2.24, 2.45) is 0 Å². The molecule has 0 radical (unpaired) electrons. The molecule has 0 atom stereocenters. The van der Waals surface area contributed by atoms with Crippen LogP contribution in [0, 0.1) is 0 Å². The number of nitrogens with zero attached hydrogens (tertiary/aromatic N) is 1. The molecule has 4 heteroatoms. The van der Waals surface area contributed by atoms with E-state index in [0.29, 0.717) is 19.5 Å². The molecule has 106 valence electrons. The maximum atomic E-state index is 12.2. The maximum Gasteiger partial charge on any atom is 0.328 e. The molecule has 0 spiro atoms. The highest BCUT2D eigenvalue weighted by Crippen LogP contribution is 2.29. The van der Waals surface area contributed by atoms with Crippen molar-refractivity contribution in [3.05, 3.63) is 47.5 Å². The van der Waals surface area contributed by atoms with Crippen LogP contribution in [0.5, 0.6) is 0 Å². The molecule has 1 aromatic rings. The lowest BCUT2D eigenvalue weighted by molar-refractivity contribution is -0.135. The number of carboxylic acid groups (broad SMARTS) is 1. The average Bonchev–Trinajstić information content (AvgIpc) is 2.33. The number of hydrogen-bond acceptors (Lipinski definition) is 2. The number of rotatable bonds is 4. The van der Waals surface area contributed by atoms with Gasteiger partial charge in [0.25, 0.3) is 0 Å². The number of aliphatic carboxylic acids is 1. The van der Waals surface area contributed by atoms with E-state index in [-0.39, 0.29) is 11.3 Å². The van der Waals surface area contributed by atoms with Crippen LogP contribution in [0.1, 0.15) is 25.8 Å². The van der Waals surface area contributed by atoms with E-state index < -0.39 is 5.97 Å². The van der Waals surface area contributed by atoms with Crippen molar-refractivity contribution in [2.75, 3.05) is 13.1 Å². The molecule has 1 fully saturated rings. The van der Waals surface area contributed by atoms with E-state index in [0.717, 1.165) is 11.1 Å². The van der Waals surface area contributed by atoms with Gasteiger partial charge in [0, 0.05) is 25.6 Å². The first-order valence-electron chi connectivity index (χ1n) is 6.64. The van der Waals surface area contributed by atoms with Crippen LogP contribution in [0.3, 0.4) is 0 Å². The second kappa shape index (κ2) is 5.49. The Balaban J connectivity index is 1.95. The third kappa shape index (κ3) is 3.26. The summed E-state index contributed by atoms with van der Waals surface area (Å²) in [6.07, 6.45) is 1.61. The fraction of sp³-hybridized carbons (Fsp3) is 0.375. The van der Waals surface area contributed by atoms with Crippen LogP contribution in [-0.4, -0.2) is 35.0 Å². The minimum atomic E-state index is -0.947. The molecule has 0 unspecified atom stereocenters. The van der Waals surface area contributed by atoms with Crippen LogP contribution in [0.4, 0.5) is 0 Å². The summed E-state index contributed by atoms with van der Waals surface area (Å²) in [6, 6.07) is 9.95. The average molecular weight is 273 g/mol. The van der Waals surface area contributed by atoms with E-state index in [1.165, 1.54) is 6.08 Å². The molecule has 1 saturated heterocycles. The third-order valence-corrected chi connectivity index (χ3v) is 3.62. The van der Waals surface area contributed by atoms with Crippen molar-refractivity contribution < 1.29 is 14.7 Å². The fourth-order valence-electron chi connectivity index (χ4n) is 2.37. The van der Waals surface area contributed by atoms with Crippen molar-refractivity contribution in [3.8, 4) is 0 Å². The lowest BCUT2D eigenvalue weighted by Gasteiger charge is -2.36. The molecule has 20 heavy (non-hydrogen) atoms. The number of carboxylic acids is 1. The van der Waals surface area contributed by atoms with Gasteiger partial charge in [0.05, 0.1) is 0 Å². The van der Waals surface area contributed by atoms with Gasteiger partial charge in [-0.05, 0) is 16.6 Å². The molecule has 2 rings (SSSR count). The number of benzene rings is 1. The molecule has 0 aromatic heterocycles. The highest BCUT2D eigenvalue weighted by atomic mass is 16.4. The zero-order chi connectivity index (χ0) is 14.8. The van der Waals surface area contributed by atoms with Gasteiger partial charge in [0.2, 0.25) is 5.91 Å². The summed E-state index contributed by atoms with van der Waals surface area (Å²) in [5.41, 5.74) is 1.71. The molecule has 1 aliphatic rings. The Hall–Kier alpha value is -2.10. The largest absolute Gasteiger partial charge is 0.478 e. The topological polar surface area (TPSA) is 57.6 Å². The standard InChI is InChI=1S/C16H19NO3/c1-16(2,13-6-4-3-5-7-13)9-14(18)17-10-12(11-17)8-15(19)20/h3-8H,9-11H2,1-2H3,(H,19,20). The van der Waals surface area contributed by atoms with Gasteiger partial charge in [-0.2, -0.15) is 0 Å². The van der Waals surface area contributed by atoms with Crippen LogP contribution in [0.15, 0.2) is 42.0 Å². The monoisotopic (exact) mass is 273 g/mol. The molecule has 4 nitrogen and oxygen atoms in total. The van der Waals surface area contributed by atoms with Gasteiger partial charge < -0.3 is 10.0 Å². The molecule has 1 heterocycles. The van der Waals surface area contributed by atoms with Gasteiger partial charge in [-0.1, -0.05) is 44.2 Å². The van der Waals surface area contributed by atoms with Gasteiger partial charge in [-0.3, -0.25) is 4.79 Å². The predicted octanol–water partition coefficient (Wildman–Crippen LogP) is 2.21. The third-order valence-electron chi connectivity index (χ3n) is 3.62. The summed E-state index contributed by atoms with van der Waals surface area (Å²) in [5.74, 6) is -0.877. The van der Waals surface area contributed by atoms with E-state index in [1.54, 1.807) is 4.90 Å². The second-order valence-electron chi connectivity index (χ2n) is 5.82. The van der Waals surface area contributed by atoms with E-state index >= 15 is 0 Å². The van der Waals surface area contributed by atoms with Crippen LogP contribution < -0.4 is 0 Å². The Bertz CT molecular complexity index is 538. The molecular weight excluding hydrogens is 254 g/mol. The first kappa shape index (κ1) is 14.3. The first-order chi connectivity index (χ1) is 9.38. The van der Waals surface area contributed by atoms with Gasteiger partial charge in [-0.25, -0.2) is 4.79 Å². The quantitative estimate of drug-likeness (QED) is 0.856. The van der Waals surface area contributed by atoms with Crippen LogP contribution in [0.2, 0.25) is 0 Å². The molecule has 1 aliphatic heterocycles. The molecular formula is C16H19NO3. The Kier molecular flexibility index (Phi) is 3.93. The van der Waals surface area contributed by atoms with Crippen molar-refractivity contribution >= 4 is 11.9 Å². The van der Waals surface area contributed by atoms with Crippen LogP contribution >= 0.6 is 0 Å². The summed E-state index contributed by atoms with van der Waals surface area (Å²) in [6.45, 7) is 4.98. The highest BCUT2D eigenvalue weighted by Gasteiger charge is 2.31. The van der Waals surface area contributed by atoms with Gasteiger partial charge >= 0.3 is 5.97 Å². The Morgan fingerprint density at radius 3 is 2.40 bits per heavy atom. The van der Waals surface area contributed by atoms with Crippen molar-refractivity contribution in [1.29, 1.82) is 0 Å². The Morgan fingerprint density at radius 2 is 1.85 bits per heavy atom. The summed E-state index contributed by atoms with van der Waals surface area (Å²) < 4.78 is 0. The Morgan fingerprint density at radius 1 is 1.25 bits per heavy atom.